The van der Waals surface area contributed by atoms with E-state index in [2.05, 4.69) is 0 Å². The van der Waals surface area contributed by atoms with Gasteiger partial charge in [-0.15, -0.1) is 0 Å². The second-order valence-corrected chi connectivity index (χ2v) is 10.5. The zero-order valence-electron chi connectivity index (χ0n) is 24.9. The van der Waals surface area contributed by atoms with Crippen molar-refractivity contribution in [2.45, 2.75) is 13.8 Å². The molecule has 6 aromatic carbocycles. The Balaban J connectivity index is 1.15. The van der Waals surface area contributed by atoms with E-state index in [1.54, 1.807) is 12.1 Å². The van der Waals surface area contributed by atoms with Crippen LogP contribution in [0.25, 0.3) is 0 Å². The molecule has 0 atom stereocenters. The van der Waals surface area contributed by atoms with Crippen LogP contribution in [0.5, 0.6) is 57.5 Å². The van der Waals surface area contributed by atoms with Gasteiger partial charge in [-0.05, 0) is 85.6 Å². The Kier molecular flexibility index (Phi) is 8.42. The van der Waals surface area contributed by atoms with Crippen LogP contribution in [0.2, 0.25) is 0 Å². The van der Waals surface area contributed by atoms with Gasteiger partial charge in [0.15, 0.2) is 0 Å². The number of nitrogen functional groups attached to an aromatic ring is 2. The highest BCUT2D eigenvalue weighted by Crippen LogP contribution is 2.36. The normalized spacial score (nSPS) is 10.6. The van der Waals surface area contributed by atoms with Crippen molar-refractivity contribution in [1.29, 1.82) is 0 Å². The summed E-state index contributed by atoms with van der Waals surface area (Å²) in [5.41, 5.74) is 14.9. The minimum Gasteiger partial charge on any atom is -0.457 e. The first kappa shape index (κ1) is 29.0. The van der Waals surface area contributed by atoms with Gasteiger partial charge in [0.05, 0.1) is 0 Å². The minimum atomic E-state index is 0.620. The summed E-state index contributed by atoms with van der Waals surface area (Å²) in [6, 6.07) is 40.9. The van der Waals surface area contributed by atoms with Crippen molar-refractivity contribution in [3.63, 3.8) is 0 Å². The number of nitrogens with two attached hydrogens (primary N) is 2. The predicted octanol–water partition coefficient (Wildman–Crippen LogP) is 10.4. The van der Waals surface area contributed by atoms with Gasteiger partial charge in [-0.25, -0.2) is 0 Å². The lowest BCUT2D eigenvalue weighted by Gasteiger charge is -2.14. The van der Waals surface area contributed by atoms with Crippen LogP contribution >= 0.6 is 0 Å². The van der Waals surface area contributed by atoms with Gasteiger partial charge in [0.25, 0.3) is 0 Å². The molecule has 224 valence electrons. The summed E-state index contributed by atoms with van der Waals surface area (Å²) in [5.74, 6) is 6.40. The number of anilines is 2. The average Bonchev–Trinajstić information content (AvgIpc) is 3.01. The number of benzene rings is 6. The molecule has 7 heteroatoms. The second-order valence-electron chi connectivity index (χ2n) is 10.5. The van der Waals surface area contributed by atoms with Gasteiger partial charge in [-0.3, -0.25) is 0 Å². The predicted molar refractivity (Wildman–Crippen MR) is 177 cm³/mol. The zero-order valence-corrected chi connectivity index (χ0v) is 24.9. The quantitative estimate of drug-likeness (QED) is 0.152. The molecule has 0 saturated carbocycles. The van der Waals surface area contributed by atoms with Crippen molar-refractivity contribution in [2.24, 2.45) is 0 Å². The smallest absolute Gasteiger partial charge is 0.134 e. The molecule has 0 amide bonds. The maximum Gasteiger partial charge on any atom is 0.134 e. The van der Waals surface area contributed by atoms with Crippen LogP contribution in [-0.2, 0) is 0 Å². The first-order valence-corrected chi connectivity index (χ1v) is 14.4. The van der Waals surface area contributed by atoms with Gasteiger partial charge in [0.1, 0.15) is 57.5 Å². The third kappa shape index (κ3) is 7.66. The molecule has 0 spiro atoms. The molecule has 0 aliphatic rings. The van der Waals surface area contributed by atoms with Crippen LogP contribution in [0.3, 0.4) is 0 Å². The first-order chi connectivity index (χ1) is 21.9. The summed E-state index contributed by atoms with van der Waals surface area (Å²) in [4.78, 5) is 0. The largest absolute Gasteiger partial charge is 0.457 e. The molecule has 0 fully saturated rings. The topological polar surface area (TPSA) is 98.2 Å². The van der Waals surface area contributed by atoms with Crippen molar-refractivity contribution in [3.8, 4) is 57.5 Å². The van der Waals surface area contributed by atoms with E-state index >= 15 is 0 Å². The molecular weight excluding hydrogens is 564 g/mol. The van der Waals surface area contributed by atoms with E-state index in [9.17, 15) is 0 Å². The fraction of sp³-hybridized carbons (Fsp3) is 0.0526. The maximum absolute atomic E-state index is 6.24. The van der Waals surface area contributed by atoms with Gasteiger partial charge >= 0.3 is 0 Å². The molecule has 4 N–H and O–H groups in total. The Morgan fingerprint density at radius 3 is 1.02 bits per heavy atom. The Morgan fingerprint density at radius 1 is 0.333 bits per heavy atom. The standard InChI is InChI=1S/C38H32N2O5/c1-25-15-17-35(23-37(25)44-33-13-5-11-31(21-33)41-29-9-3-7-27(39)19-29)43-36-18-16-26(2)38(24-36)45-34-14-6-12-32(22-34)42-30-10-4-8-28(40)20-30/h3-24H,39-40H2,1-2H3. The molecule has 0 unspecified atom stereocenters. The fourth-order valence-corrected chi connectivity index (χ4v) is 4.53. The lowest BCUT2D eigenvalue weighted by molar-refractivity contribution is 0.443. The first-order valence-electron chi connectivity index (χ1n) is 14.4. The van der Waals surface area contributed by atoms with Crippen LogP contribution in [0.4, 0.5) is 11.4 Å². The van der Waals surface area contributed by atoms with Gasteiger partial charge in [0.2, 0.25) is 0 Å². The fourth-order valence-electron chi connectivity index (χ4n) is 4.53. The maximum atomic E-state index is 6.24. The van der Waals surface area contributed by atoms with Gasteiger partial charge in [0, 0.05) is 47.8 Å². The van der Waals surface area contributed by atoms with E-state index in [0.717, 1.165) is 11.1 Å². The molecule has 0 heterocycles. The average molecular weight is 597 g/mol. The van der Waals surface area contributed by atoms with Crippen LogP contribution in [0, 0.1) is 13.8 Å². The van der Waals surface area contributed by atoms with E-state index in [1.165, 1.54) is 0 Å². The number of aryl methyl sites for hydroxylation is 2. The summed E-state index contributed by atoms with van der Waals surface area (Å²) in [7, 11) is 0. The highest BCUT2D eigenvalue weighted by Gasteiger charge is 2.10. The summed E-state index contributed by atoms with van der Waals surface area (Å²) in [6.07, 6.45) is 0. The highest BCUT2D eigenvalue weighted by molar-refractivity contribution is 5.50. The molecule has 0 radical (unpaired) electrons. The second kappa shape index (κ2) is 13.1. The SMILES string of the molecule is Cc1ccc(Oc2ccc(C)c(Oc3cccc(Oc4cccc(N)c4)c3)c2)cc1Oc1cccc(Oc2cccc(N)c2)c1. The molecule has 7 nitrogen and oxygen atoms in total. The van der Waals surface area contributed by atoms with E-state index in [4.69, 9.17) is 35.2 Å². The van der Waals surface area contributed by atoms with Crippen molar-refractivity contribution in [1.82, 2.24) is 0 Å². The van der Waals surface area contributed by atoms with E-state index in [-0.39, 0.29) is 0 Å². The van der Waals surface area contributed by atoms with E-state index < -0.39 is 0 Å². The molecule has 0 aromatic heterocycles. The summed E-state index contributed by atoms with van der Waals surface area (Å²) in [6.45, 7) is 3.96. The summed E-state index contributed by atoms with van der Waals surface area (Å²) >= 11 is 0. The molecule has 0 aliphatic heterocycles. The van der Waals surface area contributed by atoms with Crippen LogP contribution < -0.4 is 35.2 Å². The minimum absolute atomic E-state index is 0.620. The Hall–Kier alpha value is -6.08. The van der Waals surface area contributed by atoms with Crippen molar-refractivity contribution < 1.29 is 23.7 Å². The zero-order chi connectivity index (χ0) is 31.2. The number of hydrogen-bond donors (Lipinski definition) is 2. The van der Waals surface area contributed by atoms with Gasteiger partial charge in [-0.2, -0.15) is 0 Å². The van der Waals surface area contributed by atoms with Crippen molar-refractivity contribution in [3.05, 3.63) is 145 Å². The van der Waals surface area contributed by atoms with Crippen LogP contribution in [0.15, 0.2) is 133 Å². The number of hydrogen-bond acceptors (Lipinski definition) is 7. The van der Waals surface area contributed by atoms with Gasteiger partial charge < -0.3 is 35.2 Å². The molecule has 0 saturated heterocycles. The molecule has 0 aliphatic carbocycles. The molecule has 6 rings (SSSR count). The summed E-state index contributed by atoms with van der Waals surface area (Å²) < 4.78 is 30.7. The number of ether oxygens (including phenoxy) is 5. The van der Waals surface area contributed by atoms with Crippen molar-refractivity contribution >= 4 is 11.4 Å². The Labute approximate surface area is 262 Å². The lowest BCUT2D eigenvalue weighted by atomic mass is 10.2. The molecular formula is C38H32N2O5. The lowest BCUT2D eigenvalue weighted by Crippen LogP contribution is -1.93. The van der Waals surface area contributed by atoms with Gasteiger partial charge in [-0.1, -0.05) is 36.4 Å². The third-order valence-corrected chi connectivity index (χ3v) is 6.81. The van der Waals surface area contributed by atoms with Crippen LogP contribution in [-0.4, -0.2) is 0 Å². The number of rotatable bonds is 10. The highest BCUT2D eigenvalue weighted by atomic mass is 16.5. The molecule has 6 aromatic rings. The molecule has 45 heavy (non-hydrogen) atoms. The third-order valence-electron chi connectivity index (χ3n) is 6.81. The van der Waals surface area contributed by atoms with Crippen molar-refractivity contribution in [2.75, 3.05) is 11.5 Å². The monoisotopic (exact) mass is 596 g/mol. The van der Waals surface area contributed by atoms with E-state index in [1.807, 2.05) is 135 Å². The Morgan fingerprint density at radius 2 is 0.644 bits per heavy atom. The van der Waals surface area contributed by atoms with Crippen LogP contribution in [0.1, 0.15) is 11.1 Å². The molecule has 0 bridgehead atoms. The summed E-state index contributed by atoms with van der Waals surface area (Å²) in [5, 5.41) is 0. The Bertz CT molecular complexity index is 1820. The van der Waals surface area contributed by atoms with E-state index in [0.29, 0.717) is 68.9 Å².